The molecule has 1 aromatic rings. The molecule has 0 aliphatic rings. The average Bonchev–Trinajstić information content (AvgIpc) is 2.05. The molecule has 1 N–H and O–H groups in total. The summed E-state index contributed by atoms with van der Waals surface area (Å²) in [4.78, 5) is 10.4. The Morgan fingerprint density at radius 2 is 2.07 bits per heavy atom. The van der Waals surface area contributed by atoms with Crippen LogP contribution >= 0.6 is 22.6 Å². The molecule has 0 unspecified atom stereocenters. The van der Waals surface area contributed by atoms with Gasteiger partial charge >= 0.3 is 5.97 Å². The van der Waals surface area contributed by atoms with Crippen LogP contribution in [0.15, 0.2) is 23.1 Å². The van der Waals surface area contributed by atoms with Crippen LogP contribution in [0.4, 0.5) is 0 Å². The van der Waals surface area contributed by atoms with E-state index in [1.807, 2.05) is 0 Å². The molecule has 0 aliphatic carbocycles. The normalized spacial score (nSPS) is 11.1. The molecule has 0 atom stereocenters. The van der Waals surface area contributed by atoms with Gasteiger partial charge in [0.2, 0.25) is 0 Å². The summed E-state index contributed by atoms with van der Waals surface area (Å²) in [7, 11) is -4.22. The monoisotopic (exact) mass is 342 g/mol. The molecular formula is C8H7IO5S. The maximum absolute atomic E-state index is 10.8. The largest absolute Gasteiger partial charge is 0.426 e. The van der Waals surface area contributed by atoms with Crippen molar-refractivity contribution < 1.29 is 22.5 Å². The topological polar surface area (TPSA) is 80.7 Å². The van der Waals surface area contributed by atoms with E-state index < -0.39 is 16.1 Å². The summed E-state index contributed by atoms with van der Waals surface area (Å²) in [5.41, 5.74) is 0. The first kappa shape index (κ1) is 12.4. The zero-order chi connectivity index (χ0) is 11.6. The number of carbonyl (C=O) groups is 1. The fraction of sp³-hybridized carbons (Fsp3) is 0.125. The number of ether oxygens (including phenoxy) is 1. The molecule has 0 radical (unpaired) electrons. The highest BCUT2D eigenvalue weighted by Gasteiger charge is 2.12. The van der Waals surface area contributed by atoms with Crippen LogP contribution < -0.4 is 4.74 Å². The minimum Gasteiger partial charge on any atom is -0.426 e. The second-order valence-electron chi connectivity index (χ2n) is 2.66. The molecule has 1 aromatic carbocycles. The fourth-order valence-electron chi connectivity index (χ4n) is 0.880. The van der Waals surface area contributed by atoms with Crippen molar-refractivity contribution in [3.63, 3.8) is 0 Å². The van der Waals surface area contributed by atoms with Gasteiger partial charge in [-0.05, 0) is 40.8 Å². The highest BCUT2D eigenvalue weighted by atomic mass is 127. The lowest BCUT2D eigenvalue weighted by atomic mass is 10.3. The summed E-state index contributed by atoms with van der Waals surface area (Å²) >= 11 is 1.81. The van der Waals surface area contributed by atoms with Crippen molar-refractivity contribution in [3.05, 3.63) is 21.8 Å². The molecule has 0 amide bonds. The number of carbonyl (C=O) groups excluding carboxylic acids is 1. The third-order valence-corrected chi connectivity index (χ3v) is 3.15. The lowest BCUT2D eigenvalue weighted by Crippen LogP contribution is -2.04. The highest BCUT2D eigenvalue weighted by molar-refractivity contribution is 14.1. The van der Waals surface area contributed by atoms with Gasteiger partial charge in [0.25, 0.3) is 10.1 Å². The van der Waals surface area contributed by atoms with Gasteiger partial charge in [-0.1, -0.05) is 0 Å². The molecular weight excluding hydrogens is 335 g/mol. The molecule has 0 saturated carbocycles. The molecule has 82 valence electrons. The molecule has 5 nitrogen and oxygen atoms in total. The Kier molecular flexibility index (Phi) is 3.68. The Morgan fingerprint density at radius 1 is 1.47 bits per heavy atom. The number of hydrogen-bond donors (Lipinski definition) is 1. The van der Waals surface area contributed by atoms with Crippen LogP contribution in [0.3, 0.4) is 0 Å². The Balaban J connectivity index is 3.15. The summed E-state index contributed by atoms with van der Waals surface area (Å²) in [5.74, 6) is -0.233. The lowest BCUT2D eigenvalue weighted by Gasteiger charge is -2.04. The van der Waals surface area contributed by atoms with Crippen LogP contribution in [-0.4, -0.2) is 18.9 Å². The van der Waals surface area contributed by atoms with Gasteiger partial charge in [-0.3, -0.25) is 9.35 Å². The first-order valence-electron chi connectivity index (χ1n) is 3.76. The van der Waals surface area contributed by atoms with E-state index in [0.29, 0.717) is 3.57 Å². The van der Waals surface area contributed by atoms with Crippen molar-refractivity contribution >= 4 is 38.7 Å². The number of halogens is 1. The van der Waals surface area contributed by atoms with Crippen LogP contribution in [0, 0.1) is 3.57 Å². The van der Waals surface area contributed by atoms with Crippen LogP contribution in [0.1, 0.15) is 6.92 Å². The highest BCUT2D eigenvalue weighted by Crippen LogP contribution is 2.24. The number of benzene rings is 1. The van der Waals surface area contributed by atoms with Gasteiger partial charge in [-0.25, -0.2) is 0 Å². The van der Waals surface area contributed by atoms with E-state index in [1.165, 1.54) is 19.1 Å². The zero-order valence-corrected chi connectivity index (χ0v) is 10.6. The van der Waals surface area contributed by atoms with E-state index in [0.717, 1.165) is 6.07 Å². The van der Waals surface area contributed by atoms with Crippen molar-refractivity contribution in [2.75, 3.05) is 0 Å². The minimum absolute atomic E-state index is 0.234. The van der Waals surface area contributed by atoms with E-state index in [2.05, 4.69) is 0 Å². The Hall–Kier alpha value is -0.670. The summed E-state index contributed by atoms with van der Waals surface area (Å²) in [6.45, 7) is 1.24. The standard InChI is InChI=1S/C8H7IO5S/c1-5(10)14-8-3-2-6(4-7(8)9)15(11,12)13/h2-4H,1H3,(H,11,12,13). The van der Waals surface area contributed by atoms with E-state index in [4.69, 9.17) is 9.29 Å². The van der Waals surface area contributed by atoms with Crippen molar-refractivity contribution in [1.29, 1.82) is 0 Å². The summed E-state index contributed by atoms with van der Waals surface area (Å²) in [6, 6.07) is 3.69. The van der Waals surface area contributed by atoms with Gasteiger partial charge in [0.1, 0.15) is 5.75 Å². The van der Waals surface area contributed by atoms with Gasteiger partial charge in [0.15, 0.2) is 0 Å². The SMILES string of the molecule is CC(=O)Oc1ccc(S(=O)(=O)O)cc1I. The summed E-state index contributed by atoms with van der Waals surface area (Å²) < 4.78 is 35.5. The first-order chi connectivity index (χ1) is 6.80. The second kappa shape index (κ2) is 4.45. The number of hydrogen-bond acceptors (Lipinski definition) is 4. The van der Waals surface area contributed by atoms with E-state index in [9.17, 15) is 13.2 Å². The third-order valence-electron chi connectivity index (χ3n) is 1.45. The Labute approximate surface area is 100 Å². The maximum Gasteiger partial charge on any atom is 0.308 e. The summed E-state index contributed by atoms with van der Waals surface area (Å²) in [5, 5.41) is 0. The van der Waals surface area contributed by atoms with Crippen LogP contribution in [-0.2, 0) is 14.9 Å². The second-order valence-corrected chi connectivity index (χ2v) is 5.24. The van der Waals surface area contributed by atoms with Gasteiger partial charge in [-0.15, -0.1) is 0 Å². The zero-order valence-electron chi connectivity index (χ0n) is 7.60. The predicted octanol–water partition coefficient (Wildman–Crippen LogP) is 1.46. The van der Waals surface area contributed by atoms with Crippen molar-refractivity contribution in [1.82, 2.24) is 0 Å². The molecule has 0 bridgehead atoms. The molecule has 15 heavy (non-hydrogen) atoms. The molecule has 0 aliphatic heterocycles. The fourth-order valence-corrected chi connectivity index (χ4v) is 2.22. The molecule has 1 rings (SSSR count). The molecule has 0 aromatic heterocycles. The average molecular weight is 342 g/mol. The van der Waals surface area contributed by atoms with E-state index in [-0.39, 0.29) is 10.6 Å². The molecule has 0 saturated heterocycles. The van der Waals surface area contributed by atoms with Crippen LogP contribution in [0.5, 0.6) is 5.75 Å². The van der Waals surface area contributed by atoms with Crippen molar-refractivity contribution in [2.24, 2.45) is 0 Å². The van der Waals surface area contributed by atoms with E-state index in [1.54, 1.807) is 22.6 Å². The maximum atomic E-state index is 10.8. The van der Waals surface area contributed by atoms with Gasteiger partial charge in [0.05, 0.1) is 8.47 Å². The number of rotatable bonds is 2. The van der Waals surface area contributed by atoms with Gasteiger partial charge in [-0.2, -0.15) is 8.42 Å². The Morgan fingerprint density at radius 3 is 2.47 bits per heavy atom. The molecule has 0 heterocycles. The lowest BCUT2D eigenvalue weighted by molar-refractivity contribution is -0.131. The Bertz CT molecular complexity index is 494. The summed E-state index contributed by atoms with van der Waals surface area (Å²) in [6.07, 6.45) is 0. The predicted molar refractivity (Wildman–Crippen MR) is 60.3 cm³/mol. The van der Waals surface area contributed by atoms with Crippen LogP contribution in [0.2, 0.25) is 0 Å². The van der Waals surface area contributed by atoms with Crippen LogP contribution in [0.25, 0.3) is 0 Å². The molecule has 7 heteroatoms. The minimum atomic E-state index is -4.22. The molecule has 0 fully saturated rings. The van der Waals surface area contributed by atoms with Crippen molar-refractivity contribution in [3.8, 4) is 5.75 Å². The van der Waals surface area contributed by atoms with Gasteiger partial charge in [0, 0.05) is 6.92 Å². The quantitative estimate of drug-likeness (QED) is 0.381. The van der Waals surface area contributed by atoms with E-state index >= 15 is 0 Å². The molecule has 0 spiro atoms. The third kappa shape index (κ3) is 3.43. The number of esters is 1. The van der Waals surface area contributed by atoms with Crippen molar-refractivity contribution in [2.45, 2.75) is 11.8 Å². The van der Waals surface area contributed by atoms with Gasteiger partial charge < -0.3 is 4.74 Å². The first-order valence-corrected chi connectivity index (χ1v) is 6.28. The smallest absolute Gasteiger partial charge is 0.308 e.